The van der Waals surface area contributed by atoms with E-state index in [-0.39, 0.29) is 0 Å². The summed E-state index contributed by atoms with van der Waals surface area (Å²) >= 11 is 0. The van der Waals surface area contributed by atoms with Gasteiger partial charge in [-0.25, -0.2) is 0 Å². The number of rotatable bonds is 2. The average molecular weight is 275 g/mol. The van der Waals surface area contributed by atoms with Crippen molar-refractivity contribution in [2.24, 2.45) is 29.1 Å². The van der Waals surface area contributed by atoms with Crippen molar-refractivity contribution in [1.29, 1.82) is 0 Å². The van der Waals surface area contributed by atoms with E-state index in [0.29, 0.717) is 11.3 Å². The van der Waals surface area contributed by atoms with Crippen LogP contribution in [0, 0.1) is 29.1 Å². The standard InChI is InChI=1S/C18H29NO/c1-13-2-4-19(5-3-13)17(20)12-18-9-14-6-15(10-18)8-16(7-14)11-18/h13-16H,2-12H2,1H3. The Bertz CT molecular complexity index is 359. The number of hydrogen-bond donors (Lipinski definition) is 0. The van der Waals surface area contributed by atoms with Gasteiger partial charge < -0.3 is 4.90 Å². The fourth-order valence-electron chi connectivity index (χ4n) is 6.20. The summed E-state index contributed by atoms with van der Waals surface area (Å²) in [6.07, 6.45) is 11.9. The van der Waals surface area contributed by atoms with Gasteiger partial charge in [-0.3, -0.25) is 4.79 Å². The van der Waals surface area contributed by atoms with Crippen LogP contribution < -0.4 is 0 Å². The van der Waals surface area contributed by atoms with Gasteiger partial charge in [0.2, 0.25) is 5.91 Å². The van der Waals surface area contributed by atoms with Crippen LogP contribution in [0.15, 0.2) is 0 Å². The summed E-state index contributed by atoms with van der Waals surface area (Å²) in [7, 11) is 0. The monoisotopic (exact) mass is 275 g/mol. The second-order valence-corrected chi connectivity index (χ2v) is 8.66. The highest BCUT2D eigenvalue weighted by Crippen LogP contribution is 2.61. The maximum Gasteiger partial charge on any atom is 0.223 e. The lowest BCUT2D eigenvalue weighted by Crippen LogP contribution is -2.49. The molecular formula is C18H29NO. The molecule has 0 unspecified atom stereocenters. The van der Waals surface area contributed by atoms with Crippen LogP contribution >= 0.6 is 0 Å². The van der Waals surface area contributed by atoms with E-state index in [1.54, 1.807) is 0 Å². The lowest BCUT2D eigenvalue weighted by atomic mass is 9.49. The second-order valence-electron chi connectivity index (χ2n) is 8.66. The summed E-state index contributed by atoms with van der Waals surface area (Å²) in [6, 6.07) is 0. The molecule has 0 radical (unpaired) electrons. The van der Waals surface area contributed by atoms with Crippen molar-refractivity contribution >= 4 is 5.91 Å². The van der Waals surface area contributed by atoms with Crippen LogP contribution in [0.5, 0.6) is 0 Å². The van der Waals surface area contributed by atoms with Gasteiger partial charge in [-0.2, -0.15) is 0 Å². The summed E-state index contributed by atoms with van der Waals surface area (Å²) in [5.74, 6) is 4.21. The van der Waals surface area contributed by atoms with E-state index < -0.39 is 0 Å². The number of carbonyl (C=O) groups excluding carboxylic acids is 1. The van der Waals surface area contributed by atoms with E-state index in [9.17, 15) is 4.79 Å². The number of amides is 1. The quantitative estimate of drug-likeness (QED) is 0.749. The van der Waals surface area contributed by atoms with E-state index in [4.69, 9.17) is 0 Å². The van der Waals surface area contributed by atoms with Gasteiger partial charge in [0.1, 0.15) is 0 Å². The van der Waals surface area contributed by atoms with E-state index in [1.807, 2.05) is 0 Å². The predicted molar refractivity (Wildman–Crippen MR) is 80.2 cm³/mol. The molecule has 1 amide bonds. The van der Waals surface area contributed by atoms with Gasteiger partial charge >= 0.3 is 0 Å². The summed E-state index contributed by atoms with van der Waals surface area (Å²) in [5, 5.41) is 0. The molecule has 2 nitrogen and oxygen atoms in total. The van der Waals surface area contributed by atoms with Gasteiger partial charge in [0.15, 0.2) is 0 Å². The molecule has 2 heteroatoms. The van der Waals surface area contributed by atoms with Crippen molar-refractivity contribution in [1.82, 2.24) is 4.90 Å². The van der Waals surface area contributed by atoms with Crippen molar-refractivity contribution in [3.05, 3.63) is 0 Å². The Morgan fingerprint density at radius 3 is 2.00 bits per heavy atom. The molecule has 0 atom stereocenters. The van der Waals surface area contributed by atoms with Crippen LogP contribution in [0.4, 0.5) is 0 Å². The highest BCUT2D eigenvalue weighted by Gasteiger charge is 2.51. The molecule has 1 heterocycles. The van der Waals surface area contributed by atoms with Crippen LogP contribution in [0.1, 0.15) is 64.7 Å². The minimum atomic E-state index is 0.425. The fraction of sp³-hybridized carbons (Fsp3) is 0.944. The molecular weight excluding hydrogens is 246 g/mol. The Kier molecular flexibility index (Phi) is 3.12. The average Bonchev–Trinajstić information content (AvgIpc) is 2.37. The molecule has 4 aliphatic carbocycles. The highest BCUT2D eigenvalue weighted by atomic mass is 16.2. The summed E-state index contributed by atoms with van der Waals surface area (Å²) in [4.78, 5) is 14.9. The maximum absolute atomic E-state index is 12.7. The molecule has 4 bridgehead atoms. The van der Waals surface area contributed by atoms with E-state index in [0.717, 1.165) is 43.2 Å². The van der Waals surface area contributed by atoms with Crippen molar-refractivity contribution < 1.29 is 4.79 Å². The van der Waals surface area contributed by atoms with Crippen LogP contribution in [0.3, 0.4) is 0 Å². The largest absolute Gasteiger partial charge is 0.343 e. The molecule has 20 heavy (non-hydrogen) atoms. The van der Waals surface area contributed by atoms with Crippen LogP contribution in [-0.4, -0.2) is 23.9 Å². The molecule has 0 N–H and O–H groups in total. The first-order valence-corrected chi connectivity index (χ1v) is 8.90. The Hall–Kier alpha value is -0.530. The Balaban J connectivity index is 1.42. The van der Waals surface area contributed by atoms with Crippen molar-refractivity contribution in [2.45, 2.75) is 64.7 Å². The fourth-order valence-corrected chi connectivity index (χ4v) is 6.20. The lowest BCUT2D eigenvalue weighted by molar-refractivity contribution is -0.140. The lowest BCUT2D eigenvalue weighted by Gasteiger charge is -2.57. The molecule has 112 valence electrons. The van der Waals surface area contributed by atoms with Gasteiger partial charge in [0, 0.05) is 19.5 Å². The minimum absolute atomic E-state index is 0.425. The Labute approximate surface area is 123 Å². The molecule has 4 saturated carbocycles. The van der Waals surface area contributed by atoms with Crippen LogP contribution in [-0.2, 0) is 4.79 Å². The summed E-state index contributed by atoms with van der Waals surface area (Å²) < 4.78 is 0. The van der Waals surface area contributed by atoms with Crippen molar-refractivity contribution in [3.8, 4) is 0 Å². The number of piperidine rings is 1. The molecule has 5 fully saturated rings. The molecule has 0 spiro atoms. The van der Waals surface area contributed by atoms with Gasteiger partial charge in [-0.1, -0.05) is 6.92 Å². The third kappa shape index (κ3) is 2.29. The topological polar surface area (TPSA) is 20.3 Å². The van der Waals surface area contributed by atoms with E-state index >= 15 is 0 Å². The zero-order valence-corrected chi connectivity index (χ0v) is 12.9. The smallest absolute Gasteiger partial charge is 0.223 e. The second kappa shape index (κ2) is 4.74. The molecule has 0 aromatic carbocycles. The zero-order valence-electron chi connectivity index (χ0n) is 12.9. The van der Waals surface area contributed by atoms with Gasteiger partial charge in [-0.05, 0) is 80.5 Å². The predicted octanol–water partition coefficient (Wildman–Crippen LogP) is 3.85. The first kappa shape index (κ1) is 13.2. The van der Waals surface area contributed by atoms with Gasteiger partial charge in [0.05, 0.1) is 0 Å². The SMILES string of the molecule is CC1CCN(C(=O)CC23CC4CC(CC(C4)C2)C3)CC1. The summed E-state index contributed by atoms with van der Waals surface area (Å²) in [5.41, 5.74) is 0.425. The maximum atomic E-state index is 12.7. The normalized spacial score (nSPS) is 44.0. The number of carbonyl (C=O) groups is 1. The van der Waals surface area contributed by atoms with Crippen molar-refractivity contribution in [2.75, 3.05) is 13.1 Å². The first-order chi connectivity index (χ1) is 9.62. The van der Waals surface area contributed by atoms with Crippen LogP contribution in [0.2, 0.25) is 0 Å². The van der Waals surface area contributed by atoms with Crippen molar-refractivity contribution in [3.63, 3.8) is 0 Å². The molecule has 0 aromatic heterocycles. The minimum Gasteiger partial charge on any atom is -0.343 e. The highest BCUT2D eigenvalue weighted by molar-refractivity contribution is 5.77. The Morgan fingerprint density at radius 2 is 1.50 bits per heavy atom. The molecule has 1 aliphatic heterocycles. The number of hydrogen-bond acceptors (Lipinski definition) is 1. The number of likely N-dealkylation sites (tertiary alicyclic amines) is 1. The molecule has 0 aromatic rings. The van der Waals surface area contributed by atoms with E-state index in [2.05, 4.69) is 11.8 Å². The van der Waals surface area contributed by atoms with Crippen LogP contribution in [0.25, 0.3) is 0 Å². The molecule has 1 saturated heterocycles. The summed E-state index contributed by atoms with van der Waals surface area (Å²) in [6.45, 7) is 4.36. The van der Waals surface area contributed by atoms with Gasteiger partial charge in [-0.15, -0.1) is 0 Å². The third-order valence-electron chi connectivity index (χ3n) is 6.83. The van der Waals surface area contributed by atoms with E-state index in [1.165, 1.54) is 51.4 Å². The van der Waals surface area contributed by atoms with Gasteiger partial charge in [0.25, 0.3) is 0 Å². The molecule has 5 rings (SSSR count). The zero-order chi connectivity index (χ0) is 13.7. The first-order valence-electron chi connectivity index (χ1n) is 8.90. The Morgan fingerprint density at radius 1 is 1.00 bits per heavy atom. The molecule has 5 aliphatic rings. The number of nitrogens with zero attached hydrogens (tertiary/aromatic N) is 1. The third-order valence-corrected chi connectivity index (χ3v) is 6.83.